The Bertz CT molecular complexity index is 1650. The molecule has 0 saturated carbocycles. The monoisotopic (exact) mass is 684 g/mol. The van der Waals surface area contributed by atoms with Crippen molar-refractivity contribution in [2.45, 2.75) is 46.9 Å². The number of aliphatic hydroxyl groups is 1. The SMILES string of the molecule is CNC(=O)C(O)N1CCC(c2ccc(C(OCc3c(F)cccc3F)(C(F)(F)F)C(F)(F)F)cc2)(S(=O)(=O)c2ccc(F)cc2)C1. The van der Waals surface area contributed by atoms with Gasteiger partial charge in [0.1, 0.15) is 22.2 Å². The second-order valence-electron chi connectivity index (χ2n) is 10.4. The van der Waals surface area contributed by atoms with E-state index in [0.717, 1.165) is 35.2 Å². The number of hydrogen-bond donors (Lipinski definition) is 2. The number of likely N-dealkylation sites (tertiary alicyclic amines) is 1. The van der Waals surface area contributed by atoms with Crippen molar-refractivity contribution in [3.05, 3.63) is 101 Å². The van der Waals surface area contributed by atoms with Gasteiger partial charge in [0.05, 0.1) is 11.5 Å². The first-order valence-electron chi connectivity index (χ1n) is 13.3. The minimum atomic E-state index is -6.24. The van der Waals surface area contributed by atoms with Gasteiger partial charge in [0, 0.05) is 31.3 Å². The molecule has 1 amide bonds. The number of carbonyl (C=O) groups is 1. The number of carbonyl (C=O) groups excluding carboxylic acids is 1. The smallest absolute Gasteiger partial charge is 0.370 e. The summed E-state index contributed by atoms with van der Waals surface area (Å²) in [5, 5.41) is 12.6. The van der Waals surface area contributed by atoms with Crippen LogP contribution >= 0.6 is 0 Å². The zero-order valence-electron chi connectivity index (χ0n) is 23.6. The summed E-state index contributed by atoms with van der Waals surface area (Å²) < 4.78 is 158. The van der Waals surface area contributed by atoms with Crippen LogP contribution in [0, 0.1) is 17.5 Å². The molecular formula is C29H25F9N2O5S. The first-order valence-corrected chi connectivity index (χ1v) is 14.8. The molecule has 17 heteroatoms. The quantitative estimate of drug-likeness (QED) is 0.241. The number of sulfone groups is 1. The van der Waals surface area contributed by atoms with Gasteiger partial charge in [-0.15, -0.1) is 0 Å². The number of nitrogens with zero attached hydrogens (tertiary/aromatic N) is 1. The van der Waals surface area contributed by atoms with Gasteiger partial charge in [-0.2, -0.15) is 26.3 Å². The maximum absolute atomic E-state index is 14.4. The Morgan fingerprint density at radius 2 is 1.48 bits per heavy atom. The molecule has 0 bridgehead atoms. The van der Waals surface area contributed by atoms with Crippen LogP contribution in [0.1, 0.15) is 23.1 Å². The molecule has 250 valence electrons. The van der Waals surface area contributed by atoms with Gasteiger partial charge in [-0.3, -0.25) is 9.69 Å². The summed E-state index contributed by atoms with van der Waals surface area (Å²) in [5.74, 6) is -4.63. The number of likely N-dealkylation sites (N-methyl/N-ethyl adjacent to an activating group) is 1. The number of hydrogen-bond acceptors (Lipinski definition) is 6. The number of nitrogens with one attached hydrogen (secondary N) is 1. The Morgan fingerprint density at radius 3 is 1.98 bits per heavy atom. The average Bonchev–Trinajstić information content (AvgIpc) is 3.44. The maximum atomic E-state index is 14.4. The molecule has 2 unspecified atom stereocenters. The van der Waals surface area contributed by atoms with E-state index in [1.54, 1.807) is 0 Å². The van der Waals surface area contributed by atoms with Crippen LogP contribution in [0.2, 0.25) is 0 Å². The van der Waals surface area contributed by atoms with E-state index >= 15 is 0 Å². The molecule has 0 aromatic heterocycles. The molecule has 4 rings (SSSR count). The number of amides is 1. The Balaban J connectivity index is 1.86. The van der Waals surface area contributed by atoms with Crippen LogP contribution in [0.25, 0.3) is 0 Å². The third-order valence-electron chi connectivity index (χ3n) is 7.84. The van der Waals surface area contributed by atoms with Gasteiger partial charge >= 0.3 is 12.4 Å². The van der Waals surface area contributed by atoms with Crippen molar-refractivity contribution in [1.29, 1.82) is 0 Å². The summed E-state index contributed by atoms with van der Waals surface area (Å²) in [6.07, 6.45) is -14.8. The third kappa shape index (κ3) is 5.96. The van der Waals surface area contributed by atoms with Crippen LogP contribution in [-0.2, 0) is 36.3 Å². The second-order valence-corrected chi connectivity index (χ2v) is 12.7. The first-order chi connectivity index (χ1) is 21.3. The fourth-order valence-electron chi connectivity index (χ4n) is 5.36. The van der Waals surface area contributed by atoms with E-state index in [1.807, 2.05) is 0 Å². The number of benzene rings is 3. The number of alkyl halides is 6. The van der Waals surface area contributed by atoms with Crippen LogP contribution in [0.15, 0.2) is 71.6 Å². The minimum absolute atomic E-state index is 0.261. The van der Waals surface area contributed by atoms with Crippen molar-refractivity contribution < 1.29 is 62.6 Å². The van der Waals surface area contributed by atoms with Gasteiger partial charge < -0.3 is 15.2 Å². The van der Waals surface area contributed by atoms with Gasteiger partial charge in [-0.1, -0.05) is 30.3 Å². The summed E-state index contributed by atoms with van der Waals surface area (Å²) >= 11 is 0. The fourth-order valence-corrected chi connectivity index (χ4v) is 7.45. The lowest BCUT2D eigenvalue weighted by molar-refractivity contribution is -0.392. The first kappa shape index (κ1) is 35.2. The average molecular weight is 685 g/mol. The Morgan fingerprint density at radius 1 is 0.935 bits per heavy atom. The van der Waals surface area contributed by atoms with Crippen molar-refractivity contribution in [2.24, 2.45) is 0 Å². The lowest BCUT2D eigenvalue weighted by Crippen LogP contribution is -2.56. The van der Waals surface area contributed by atoms with Crippen LogP contribution in [0.4, 0.5) is 39.5 Å². The summed E-state index contributed by atoms with van der Waals surface area (Å²) in [4.78, 5) is 12.7. The summed E-state index contributed by atoms with van der Waals surface area (Å²) in [7, 11) is -3.45. The van der Waals surface area contributed by atoms with Crippen LogP contribution in [-0.4, -0.2) is 63.0 Å². The van der Waals surface area contributed by atoms with Crippen LogP contribution < -0.4 is 5.32 Å². The van der Waals surface area contributed by atoms with E-state index in [4.69, 9.17) is 0 Å². The highest BCUT2D eigenvalue weighted by molar-refractivity contribution is 7.92. The molecule has 1 fully saturated rings. The molecule has 0 aliphatic carbocycles. The minimum Gasteiger partial charge on any atom is -0.370 e. The molecule has 0 radical (unpaired) electrons. The maximum Gasteiger partial charge on any atom is 0.430 e. The largest absolute Gasteiger partial charge is 0.430 e. The number of halogens is 9. The fraction of sp³-hybridized carbons (Fsp3) is 0.345. The van der Waals surface area contributed by atoms with Gasteiger partial charge in [-0.25, -0.2) is 21.6 Å². The Hall–Kier alpha value is -3.67. The molecule has 2 atom stereocenters. The van der Waals surface area contributed by atoms with Gasteiger partial charge in [0.15, 0.2) is 16.1 Å². The molecular weight excluding hydrogens is 659 g/mol. The number of aliphatic hydroxyl groups excluding tert-OH is 1. The summed E-state index contributed by atoms with van der Waals surface area (Å²) in [6.45, 7) is -2.69. The van der Waals surface area contributed by atoms with Crippen LogP contribution in [0.5, 0.6) is 0 Å². The molecule has 1 aliphatic rings. The molecule has 1 heterocycles. The topological polar surface area (TPSA) is 95.9 Å². The number of ether oxygens (including phenoxy) is 1. The Labute approximate surface area is 256 Å². The summed E-state index contributed by atoms with van der Waals surface area (Å²) in [5.41, 5.74) is -8.22. The van der Waals surface area contributed by atoms with Crippen molar-refractivity contribution in [2.75, 3.05) is 20.1 Å². The lowest BCUT2D eigenvalue weighted by Gasteiger charge is -2.38. The van der Waals surface area contributed by atoms with Gasteiger partial charge in [0.25, 0.3) is 11.5 Å². The predicted molar refractivity (Wildman–Crippen MR) is 143 cm³/mol. The zero-order valence-corrected chi connectivity index (χ0v) is 24.4. The highest BCUT2D eigenvalue weighted by Gasteiger charge is 2.73. The van der Waals surface area contributed by atoms with Crippen molar-refractivity contribution in [3.8, 4) is 0 Å². The van der Waals surface area contributed by atoms with E-state index in [9.17, 15) is 57.8 Å². The van der Waals surface area contributed by atoms with Crippen molar-refractivity contribution in [1.82, 2.24) is 10.2 Å². The van der Waals surface area contributed by atoms with Crippen molar-refractivity contribution >= 4 is 15.7 Å². The second kappa shape index (κ2) is 12.5. The predicted octanol–water partition coefficient (Wildman–Crippen LogP) is 5.08. The zero-order chi connectivity index (χ0) is 34.3. The standard InChI is InChI=1S/C29H25F9N2O5S/c1-39-24(41)25(42)40-14-13-26(16-40,46(43,44)20-11-9-19(30)10-12-20)17-5-7-18(8-6-17)27(28(33,34)35,29(36,37)38)45-15-21-22(31)3-2-4-23(21)32/h2-12,25,42H,13-16H2,1H3,(H,39,41). The molecule has 0 spiro atoms. The third-order valence-corrected chi connectivity index (χ3v) is 10.3. The van der Waals surface area contributed by atoms with E-state index in [0.29, 0.717) is 36.4 Å². The highest BCUT2D eigenvalue weighted by Crippen LogP contribution is 2.54. The van der Waals surface area contributed by atoms with E-state index in [1.165, 1.54) is 7.05 Å². The van der Waals surface area contributed by atoms with Crippen LogP contribution in [0.3, 0.4) is 0 Å². The Kier molecular flexibility index (Phi) is 9.56. The molecule has 3 aromatic rings. The highest BCUT2D eigenvalue weighted by atomic mass is 32.2. The van der Waals surface area contributed by atoms with Gasteiger partial charge in [-0.05, 0) is 48.4 Å². The molecule has 3 aromatic carbocycles. The number of rotatable bonds is 9. The van der Waals surface area contributed by atoms with E-state index in [-0.39, 0.29) is 12.1 Å². The molecule has 2 N–H and O–H groups in total. The van der Waals surface area contributed by atoms with E-state index < -0.39 is 97.7 Å². The molecule has 7 nitrogen and oxygen atoms in total. The van der Waals surface area contributed by atoms with Gasteiger partial charge in [0.2, 0.25) is 0 Å². The normalized spacial score (nSPS) is 18.8. The van der Waals surface area contributed by atoms with Crippen molar-refractivity contribution in [3.63, 3.8) is 0 Å². The molecule has 46 heavy (non-hydrogen) atoms. The van der Waals surface area contributed by atoms with E-state index in [2.05, 4.69) is 10.1 Å². The molecule has 1 aliphatic heterocycles. The molecule has 1 saturated heterocycles. The lowest BCUT2D eigenvalue weighted by atomic mass is 9.88. The summed E-state index contributed by atoms with van der Waals surface area (Å²) in [6, 6.07) is 7.58.